The van der Waals surface area contributed by atoms with Crippen molar-refractivity contribution in [3.63, 3.8) is 0 Å². The number of ether oxygens (including phenoxy) is 1. The maximum Gasteiger partial charge on any atom is 0.274 e. The number of rotatable bonds is 4. The molecule has 106 valence electrons. The van der Waals surface area contributed by atoms with Gasteiger partial charge in [-0.3, -0.25) is 15.1 Å². The highest BCUT2D eigenvalue weighted by atomic mass is 35.5. The van der Waals surface area contributed by atoms with E-state index in [0.717, 1.165) is 10.9 Å². The Hall–Kier alpha value is -2.05. The molecular weight excluding hydrogens is 280 g/mol. The second-order valence-corrected chi connectivity index (χ2v) is 4.51. The monoisotopic (exact) mass is 294 g/mol. The van der Waals surface area contributed by atoms with Crippen LogP contribution in [0.4, 0.5) is 0 Å². The summed E-state index contributed by atoms with van der Waals surface area (Å²) in [6, 6.07) is 7.09. The summed E-state index contributed by atoms with van der Waals surface area (Å²) in [5.41, 5.74) is 6.76. The first-order valence-electron chi connectivity index (χ1n) is 5.99. The second kappa shape index (κ2) is 6.40. The second-order valence-electron chi connectivity index (χ2n) is 4.10. The van der Waals surface area contributed by atoms with Crippen molar-refractivity contribution in [2.24, 2.45) is 10.7 Å². The predicted octanol–water partition coefficient (Wildman–Crippen LogP) is 1.51. The lowest BCUT2D eigenvalue weighted by molar-refractivity contribution is 0.0972. The first-order valence-corrected chi connectivity index (χ1v) is 6.37. The molecule has 0 radical (unpaired) electrons. The summed E-state index contributed by atoms with van der Waals surface area (Å²) in [7, 11) is 1.57. The van der Waals surface area contributed by atoms with E-state index in [4.69, 9.17) is 22.1 Å². The van der Waals surface area contributed by atoms with Crippen molar-refractivity contribution in [1.82, 2.24) is 10.3 Å². The Balaban J connectivity index is 2.11. The molecule has 0 saturated carbocycles. The number of benzene rings is 1. The summed E-state index contributed by atoms with van der Waals surface area (Å²) in [5, 5.41) is 3.86. The molecule has 1 heterocycles. The summed E-state index contributed by atoms with van der Waals surface area (Å²) in [4.78, 5) is 18.9. The predicted molar refractivity (Wildman–Crippen MR) is 79.1 cm³/mol. The summed E-state index contributed by atoms with van der Waals surface area (Å²) in [6.45, 7) is 0.833. The molecule has 6 nitrogen and oxygen atoms in total. The van der Waals surface area contributed by atoms with Crippen LogP contribution in [0.3, 0.4) is 0 Å². The largest absolute Gasteiger partial charge is 0.383 e. The number of nitrogens with two attached hydrogens (primary N) is 1. The molecule has 20 heavy (non-hydrogen) atoms. The van der Waals surface area contributed by atoms with Gasteiger partial charge >= 0.3 is 0 Å². The van der Waals surface area contributed by atoms with Crippen molar-refractivity contribution in [1.29, 1.82) is 0 Å². The van der Waals surface area contributed by atoms with E-state index in [2.05, 4.69) is 15.3 Å². The quantitative estimate of drug-likeness (QED) is 0.453. The molecular formula is C13H15ClN4O2. The van der Waals surface area contributed by atoms with Crippen LogP contribution < -0.4 is 11.1 Å². The highest BCUT2D eigenvalue weighted by Crippen LogP contribution is 2.23. The van der Waals surface area contributed by atoms with Crippen LogP contribution in [0, 0.1) is 0 Å². The zero-order valence-electron chi connectivity index (χ0n) is 10.9. The lowest BCUT2D eigenvalue weighted by Gasteiger charge is -2.02. The van der Waals surface area contributed by atoms with Gasteiger partial charge in [-0.05, 0) is 18.2 Å². The molecule has 1 aromatic carbocycles. The fourth-order valence-electron chi connectivity index (χ4n) is 1.72. The van der Waals surface area contributed by atoms with Gasteiger partial charge < -0.3 is 15.5 Å². The number of carbonyl (C=O) groups excluding carboxylic acids is 1. The van der Waals surface area contributed by atoms with Crippen molar-refractivity contribution >= 4 is 34.4 Å². The third kappa shape index (κ3) is 3.28. The average molecular weight is 295 g/mol. The number of guanidine groups is 1. The highest BCUT2D eigenvalue weighted by molar-refractivity contribution is 6.35. The molecule has 4 N–H and O–H groups in total. The van der Waals surface area contributed by atoms with Crippen LogP contribution >= 0.6 is 11.6 Å². The Morgan fingerprint density at radius 3 is 3.05 bits per heavy atom. The Morgan fingerprint density at radius 2 is 2.35 bits per heavy atom. The van der Waals surface area contributed by atoms with E-state index >= 15 is 0 Å². The number of halogens is 1. The number of amides is 1. The SMILES string of the molecule is COCCN=C(N)NC(=O)c1cc2c(Cl)cccc2[nH]1. The number of fused-ring (bicyclic) bond motifs is 1. The number of nitrogens with zero attached hydrogens (tertiary/aromatic N) is 1. The van der Waals surface area contributed by atoms with E-state index in [1.807, 2.05) is 12.1 Å². The van der Waals surface area contributed by atoms with Crippen molar-refractivity contribution in [2.45, 2.75) is 0 Å². The van der Waals surface area contributed by atoms with Gasteiger partial charge in [0.05, 0.1) is 13.2 Å². The van der Waals surface area contributed by atoms with E-state index in [1.165, 1.54) is 0 Å². The molecule has 0 spiro atoms. The van der Waals surface area contributed by atoms with Gasteiger partial charge in [0.25, 0.3) is 5.91 Å². The zero-order chi connectivity index (χ0) is 14.5. The third-order valence-corrected chi connectivity index (χ3v) is 3.00. The standard InChI is InChI=1S/C13H15ClN4O2/c1-20-6-5-16-13(15)18-12(19)11-7-8-9(14)3-2-4-10(8)17-11/h2-4,7,17H,5-6H2,1H3,(H3,15,16,18,19). The van der Waals surface area contributed by atoms with E-state index in [1.54, 1.807) is 19.2 Å². The van der Waals surface area contributed by atoms with E-state index in [9.17, 15) is 4.79 Å². The van der Waals surface area contributed by atoms with Crippen LogP contribution in [0.5, 0.6) is 0 Å². The minimum atomic E-state index is -0.365. The molecule has 0 atom stereocenters. The van der Waals surface area contributed by atoms with Gasteiger partial charge in [0.15, 0.2) is 5.96 Å². The maximum absolute atomic E-state index is 12.0. The molecule has 0 unspecified atom stereocenters. The lowest BCUT2D eigenvalue weighted by atomic mass is 10.2. The van der Waals surface area contributed by atoms with Crippen LogP contribution in [0.15, 0.2) is 29.3 Å². The number of carbonyl (C=O) groups is 1. The van der Waals surface area contributed by atoms with Crippen molar-refractivity contribution in [2.75, 3.05) is 20.3 Å². The molecule has 0 aliphatic heterocycles. The smallest absolute Gasteiger partial charge is 0.274 e. The Bertz CT molecular complexity index is 651. The maximum atomic E-state index is 12.0. The van der Waals surface area contributed by atoms with Gasteiger partial charge in [-0.15, -0.1) is 0 Å². The van der Waals surface area contributed by atoms with Crippen LogP contribution in [0.25, 0.3) is 10.9 Å². The van der Waals surface area contributed by atoms with Crippen LogP contribution in [0.2, 0.25) is 5.02 Å². The molecule has 2 rings (SSSR count). The minimum Gasteiger partial charge on any atom is -0.383 e. The third-order valence-electron chi connectivity index (χ3n) is 2.67. The number of nitrogens with one attached hydrogen (secondary N) is 2. The van der Waals surface area contributed by atoms with E-state index < -0.39 is 0 Å². The van der Waals surface area contributed by atoms with Gasteiger partial charge in [0.2, 0.25) is 0 Å². The number of aromatic amines is 1. The normalized spacial score (nSPS) is 11.8. The van der Waals surface area contributed by atoms with Crippen LogP contribution in [-0.4, -0.2) is 37.1 Å². The minimum absolute atomic E-state index is 0.0526. The van der Waals surface area contributed by atoms with Crippen molar-refractivity contribution < 1.29 is 9.53 Å². The first kappa shape index (κ1) is 14.4. The molecule has 2 aromatic rings. The molecule has 1 aromatic heterocycles. The fraction of sp³-hybridized carbons (Fsp3) is 0.231. The molecule has 0 aliphatic carbocycles. The number of methoxy groups -OCH3 is 1. The number of aliphatic imine (C=N–C) groups is 1. The molecule has 0 aliphatic rings. The number of hydrogen-bond donors (Lipinski definition) is 3. The molecule has 0 bridgehead atoms. The van der Waals surface area contributed by atoms with E-state index in [-0.39, 0.29) is 11.9 Å². The number of hydrogen-bond acceptors (Lipinski definition) is 3. The summed E-state index contributed by atoms with van der Waals surface area (Å²) in [6.07, 6.45) is 0. The summed E-state index contributed by atoms with van der Waals surface area (Å²) >= 11 is 6.05. The van der Waals surface area contributed by atoms with Crippen molar-refractivity contribution in [3.05, 3.63) is 35.0 Å². The first-order chi connectivity index (χ1) is 9.61. The lowest BCUT2D eigenvalue weighted by Crippen LogP contribution is -2.37. The fourth-order valence-corrected chi connectivity index (χ4v) is 1.95. The van der Waals surface area contributed by atoms with Gasteiger partial charge in [-0.2, -0.15) is 0 Å². The van der Waals surface area contributed by atoms with Gasteiger partial charge in [0, 0.05) is 23.0 Å². The average Bonchev–Trinajstić information content (AvgIpc) is 2.84. The molecule has 1 amide bonds. The molecule has 0 saturated heterocycles. The van der Waals surface area contributed by atoms with Gasteiger partial charge in [-0.1, -0.05) is 17.7 Å². The highest BCUT2D eigenvalue weighted by Gasteiger charge is 2.11. The summed E-state index contributed by atoms with van der Waals surface area (Å²) < 4.78 is 4.84. The Morgan fingerprint density at radius 1 is 1.55 bits per heavy atom. The van der Waals surface area contributed by atoms with Gasteiger partial charge in [-0.25, -0.2) is 0 Å². The van der Waals surface area contributed by atoms with Gasteiger partial charge in [0.1, 0.15) is 5.69 Å². The molecule has 0 fully saturated rings. The van der Waals surface area contributed by atoms with E-state index in [0.29, 0.717) is 23.9 Å². The van der Waals surface area contributed by atoms with Crippen LogP contribution in [0.1, 0.15) is 10.5 Å². The van der Waals surface area contributed by atoms with Crippen molar-refractivity contribution in [3.8, 4) is 0 Å². The Kier molecular flexibility index (Phi) is 4.60. The molecule has 7 heteroatoms. The zero-order valence-corrected chi connectivity index (χ0v) is 11.7. The Labute approximate surface area is 121 Å². The topological polar surface area (TPSA) is 92.5 Å². The summed E-state index contributed by atoms with van der Waals surface area (Å²) in [5.74, 6) is -0.312. The number of H-pyrrole nitrogens is 1. The van der Waals surface area contributed by atoms with Crippen LogP contribution in [-0.2, 0) is 4.74 Å². The number of aromatic nitrogens is 1.